The van der Waals surface area contributed by atoms with Crippen LogP contribution in [0.5, 0.6) is 0 Å². The molecule has 0 bridgehead atoms. The van der Waals surface area contributed by atoms with E-state index < -0.39 is 0 Å². The van der Waals surface area contributed by atoms with E-state index in [2.05, 4.69) is 229 Å². The molecule has 3 heterocycles. The number of benzene rings is 10. The van der Waals surface area contributed by atoms with Crippen LogP contribution >= 0.6 is 11.3 Å². The standard InChI is InChI=1S/C63H40N4S/c1-4-17-41(18-5-1)44-23-14-24-45(37-44)46-25-15-26-48(38-46)62-64-61(43-21-8-3-9-22-43)65-63(66-62)49-34-36-57(55(39-49)42-19-6-2-7-20-42)67-56-31-12-10-27-51(56)52-35-33-47(40-58(52)67)50-29-16-30-54-53-28-11-13-32-59(53)68-60(50)54/h1-40H. The maximum Gasteiger partial charge on any atom is 0.164 e. The first-order valence-corrected chi connectivity index (χ1v) is 23.7. The number of rotatable bonds is 8. The number of thiophene rings is 1. The summed E-state index contributed by atoms with van der Waals surface area (Å²) in [6.45, 7) is 0. The van der Waals surface area contributed by atoms with Crippen LogP contribution in [-0.2, 0) is 0 Å². The van der Waals surface area contributed by atoms with Gasteiger partial charge in [-0.3, -0.25) is 0 Å². The Kier molecular flexibility index (Phi) is 9.66. The van der Waals surface area contributed by atoms with Gasteiger partial charge in [0.2, 0.25) is 0 Å². The summed E-state index contributed by atoms with van der Waals surface area (Å²) in [6, 6.07) is 86.4. The first kappa shape index (κ1) is 39.6. The van der Waals surface area contributed by atoms with E-state index in [1.807, 2.05) is 29.5 Å². The van der Waals surface area contributed by atoms with Crippen LogP contribution in [0.4, 0.5) is 0 Å². The van der Waals surface area contributed by atoms with Crippen molar-refractivity contribution in [2.75, 3.05) is 0 Å². The van der Waals surface area contributed by atoms with Crippen LogP contribution in [0.1, 0.15) is 0 Å². The number of hydrogen-bond acceptors (Lipinski definition) is 4. The fourth-order valence-electron chi connectivity index (χ4n) is 9.79. The molecule has 0 N–H and O–H groups in total. The van der Waals surface area contributed by atoms with Crippen LogP contribution in [0, 0.1) is 0 Å². The molecule has 5 heteroatoms. The lowest BCUT2D eigenvalue weighted by atomic mass is 9.98. The van der Waals surface area contributed by atoms with E-state index in [0.29, 0.717) is 17.5 Å². The Morgan fingerprint density at radius 1 is 0.279 bits per heavy atom. The van der Waals surface area contributed by atoms with E-state index in [9.17, 15) is 0 Å². The van der Waals surface area contributed by atoms with Crippen molar-refractivity contribution in [3.63, 3.8) is 0 Å². The van der Waals surface area contributed by atoms with E-state index in [-0.39, 0.29) is 0 Å². The van der Waals surface area contributed by atoms with Crippen molar-refractivity contribution < 1.29 is 0 Å². The van der Waals surface area contributed by atoms with Gasteiger partial charge in [-0.25, -0.2) is 15.0 Å². The number of fused-ring (bicyclic) bond motifs is 6. The van der Waals surface area contributed by atoms with Crippen LogP contribution in [0.15, 0.2) is 243 Å². The van der Waals surface area contributed by atoms with Gasteiger partial charge in [0.05, 0.1) is 16.7 Å². The molecule has 0 saturated carbocycles. The number of aromatic nitrogens is 4. The summed E-state index contributed by atoms with van der Waals surface area (Å²) in [5, 5.41) is 5.01. The van der Waals surface area contributed by atoms with E-state index in [1.165, 1.54) is 53.2 Å². The quantitative estimate of drug-likeness (QED) is 0.153. The van der Waals surface area contributed by atoms with Gasteiger partial charge in [-0.1, -0.05) is 194 Å². The monoisotopic (exact) mass is 884 g/mol. The second kappa shape index (κ2) is 16.6. The molecular formula is C63H40N4S. The molecule has 0 fully saturated rings. The molecule has 0 saturated heterocycles. The minimum atomic E-state index is 0.606. The Labute approximate surface area is 397 Å². The molecule has 0 aliphatic carbocycles. The van der Waals surface area contributed by atoms with Gasteiger partial charge in [0, 0.05) is 53.2 Å². The third kappa shape index (κ3) is 6.96. The van der Waals surface area contributed by atoms with Crippen molar-refractivity contribution in [3.8, 4) is 84.4 Å². The Hall–Kier alpha value is -8.77. The van der Waals surface area contributed by atoms with Crippen LogP contribution < -0.4 is 0 Å². The Morgan fingerprint density at radius 3 is 1.51 bits per heavy atom. The highest BCUT2D eigenvalue weighted by Gasteiger charge is 2.20. The van der Waals surface area contributed by atoms with Crippen molar-refractivity contribution in [2.24, 2.45) is 0 Å². The van der Waals surface area contributed by atoms with Crippen molar-refractivity contribution in [2.45, 2.75) is 0 Å². The van der Waals surface area contributed by atoms with Gasteiger partial charge in [-0.05, 0) is 87.5 Å². The lowest BCUT2D eigenvalue weighted by Gasteiger charge is -2.16. The summed E-state index contributed by atoms with van der Waals surface area (Å²) < 4.78 is 5.05. The predicted molar refractivity (Wildman–Crippen MR) is 285 cm³/mol. The van der Waals surface area contributed by atoms with Crippen molar-refractivity contribution in [1.29, 1.82) is 0 Å². The fraction of sp³-hybridized carbons (Fsp3) is 0. The van der Waals surface area contributed by atoms with Crippen LogP contribution in [0.3, 0.4) is 0 Å². The molecule has 0 atom stereocenters. The Morgan fingerprint density at radius 2 is 0.779 bits per heavy atom. The average molecular weight is 885 g/mol. The molecule has 3 aromatic heterocycles. The molecule has 0 unspecified atom stereocenters. The molecule has 0 aliphatic heterocycles. The topological polar surface area (TPSA) is 43.6 Å². The molecule has 318 valence electrons. The van der Waals surface area contributed by atoms with E-state index in [0.717, 1.165) is 55.7 Å². The number of hydrogen-bond donors (Lipinski definition) is 0. The first-order valence-electron chi connectivity index (χ1n) is 22.9. The normalized spacial score (nSPS) is 11.5. The SMILES string of the molecule is c1ccc(-c2cccc(-c3cccc(-c4nc(-c5ccccc5)nc(-c5ccc(-n6c7ccccc7c7ccc(-c8cccc9c8sc8ccccc89)cc76)c(-c6ccccc6)c5)n4)c3)c2)cc1. The molecule has 68 heavy (non-hydrogen) atoms. The molecule has 13 rings (SSSR count). The highest BCUT2D eigenvalue weighted by Crippen LogP contribution is 2.43. The second-order valence-corrected chi connectivity index (χ2v) is 18.2. The van der Waals surface area contributed by atoms with Gasteiger partial charge in [0.1, 0.15) is 0 Å². The van der Waals surface area contributed by atoms with Crippen molar-refractivity contribution in [3.05, 3.63) is 243 Å². The summed E-state index contributed by atoms with van der Waals surface area (Å²) >= 11 is 1.87. The summed E-state index contributed by atoms with van der Waals surface area (Å²) in [5.74, 6) is 1.84. The molecular weight excluding hydrogens is 845 g/mol. The highest BCUT2D eigenvalue weighted by atomic mass is 32.1. The molecule has 0 radical (unpaired) electrons. The first-order chi connectivity index (χ1) is 33.7. The zero-order valence-corrected chi connectivity index (χ0v) is 37.6. The van der Waals surface area contributed by atoms with Gasteiger partial charge in [-0.2, -0.15) is 0 Å². The Bertz CT molecular complexity index is 4020. The maximum absolute atomic E-state index is 5.28. The van der Waals surface area contributed by atoms with Gasteiger partial charge < -0.3 is 4.57 Å². The second-order valence-electron chi connectivity index (χ2n) is 17.2. The molecule has 10 aromatic carbocycles. The number of para-hydroxylation sites is 1. The predicted octanol–water partition coefficient (Wildman–Crippen LogP) is 17.0. The van der Waals surface area contributed by atoms with E-state index in [1.54, 1.807) is 0 Å². The van der Waals surface area contributed by atoms with Crippen molar-refractivity contribution in [1.82, 2.24) is 19.5 Å². The van der Waals surface area contributed by atoms with Crippen LogP contribution in [0.2, 0.25) is 0 Å². The molecule has 4 nitrogen and oxygen atoms in total. The maximum atomic E-state index is 5.28. The summed E-state index contributed by atoms with van der Waals surface area (Å²) in [4.78, 5) is 15.6. The summed E-state index contributed by atoms with van der Waals surface area (Å²) in [7, 11) is 0. The zero-order valence-electron chi connectivity index (χ0n) is 36.8. The molecule has 0 amide bonds. The molecule has 0 spiro atoms. The lowest BCUT2D eigenvalue weighted by Crippen LogP contribution is -2.02. The molecule has 0 aliphatic rings. The van der Waals surface area contributed by atoms with Gasteiger partial charge in [0.25, 0.3) is 0 Å². The summed E-state index contributed by atoms with van der Waals surface area (Å²) in [6.07, 6.45) is 0. The fourth-order valence-corrected chi connectivity index (χ4v) is 11.0. The Balaban J connectivity index is 0.981. The highest BCUT2D eigenvalue weighted by molar-refractivity contribution is 7.26. The smallest absolute Gasteiger partial charge is 0.164 e. The van der Waals surface area contributed by atoms with Crippen molar-refractivity contribution >= 4 is 53.3 Å². The third-order valence-electron chi connectivity index (χ3n) is 13.1. The third-order valence-corrected chi connectivity index (χ3v) is 14.3. The lowest BCUT2D eigenvalue weighted by molar-refractivity contribution is 1.07. The van der Waals surface area contributed by atoms with Gasteiger partial charge in [0.15, 0.2) is 17.5 Å². The van der Waals surface area contributed by atoms with E-state index >= 15 is 0 Å². The number of nitrogens with zero attached hydrogens (tertiary/aromatic N) is 4. The average Bonchev–Trinajstić information content (AvgIpc) is 3.97. The van der Waals surface area contributed by atoms with Gasteiger partial charge >= 0.3 is 0 Å². The minimum Gasteiger partial charge on any atom is -0.309 e. The zero-order chi connectivity index (χ0) is 45.0. The van der Waals surface area contributed by atoms with Crippen LogP contribution in [0.25, 0.3) is 126 Å². The van der Waals surface area contributed by atoms with E-state index in [4.69, 9.17) is 15.0 Å². The molecule has 13 aromatic rings. The van der Waals surface area contributed by atoms with Crippen LogP contribution in [-0.4, -0.2) is 19.5 Å². The van der Waals surface area contributed by atoms with Gasteiger partial charge in [-0.15, -0.1) is 11.3 Å². The summed E-state index contributed by atoms with van der Waals surface area (Å²) in [5.41, 5.74) is 15.3. The largest absolute Gasteiger partial charge is 0.309 e. The minimum absolute atomic E-state index is 0.606.